The summed E-state index contributed by atoms with van der Waals surface area (Å²) in [5, 5.41) is 9.03. The Morgan fingerprint density at radius 2 is 1.30 bits per heavy atom. The van der Waals surface area contributed by atoms with E-state index in [1.54, 1.807) is 6.92 Å². The molecule has 2 aliphatic heterocycles. The summed E-state index contributed by atoms with van der Waals surface area (Å²) in [6.45, 7) is 8.42. The van der Waals surface area contributed by atoms with Gasteiger partial charge in [0.15, 0.2) is 0 Å². The van der Waals surface area contributed by atoms with Crippen LogP contribution in [0.25, 0.3) is 0 Å². The van der Waals surface area contributed by atoms with Crippen molar-refractivity contribution in [1.29, 1.82) is 0 Å². The molecule has 2 aliphatic rings. The number of carbonyl (C=O) groups is 2. The predicted molar refractivity (Wildman–Crippen MR) is 75.5 cm³/mol. The van der Waals surface area contributed by atoms with E-state index < -0.39 is 12.0 Å². The van der Waals surface area contributed by atoms with Gasteiger partial charge in [-0.25, -0.2) is 0 Å². The number of nitrogens with zero attached hydrogens (tertiary/aromatic N) is 3. The average molecular weight is 283 g/mol. The van der Waals surface area contributed by atoms with Gasteiger partial charge in [0.25, 0.3) is 0 Å². The number of hydrogen-bond donors (Lipinski definition) is 1. The number of rotatable bonds is 4. The number of likely N-dealkylation sites (tertiary alicyclic amines) is 1. The fourth-order valence-electron chi connectivity index (χ4n) is 3.03. The molecule has 6 heteroatoms. The molecule has 2 atom stereocenters. The fourth-order valence-corrected chi connectivity index (χ4v) is 3.03. The van der Waals surface area contributed by atoms with E-state index in [-0.39, 0.29) is 11.9 Å². The second-order valence-electron chi connectivity index (χ2n) is 5.79. The highest BCUT2D eigenvalue weighted by molar-refractivity contribution is 5.81. The zero-order chi connectivity index (χ0) is 14.7. The van der Waals surface area contributed by atoms with Gasteiger partial charge in [-0.3, -0.25) is 19.4 Å². The van der Waals surface area contributed by atoms with Crippen LogP contribution in [0, 0.1) is 0 Å². The quantitative estimate of drug-likeness (QED) is 0.792. The molecule has 0 saturated carbocycles. The molecule has 114 valence electrons. The molecule has 20 heavy (non-hydrogen) atoms. The minimum Gasteiger partial charge on any atom is -0.480 e. The van der Waals surface area contributed by atoms with E-state index in [0.29, 0.717) is 13.1 Å². The van der Waals surface area contributed by atoms with Crippen molar-refractivity contribution in [3.05, 3.63) is 0 Å². The van der Waals surface area contributed by atoms with E-state index in [9.17, 15) is 9.59 Å². The van der Waals surface area contributed by atoms with Crippen LogP contribution >= 0.6 is 0 Å². The van der Waals surface area contributed by atoms with Crippen LogP contribution in [0.15, 0.2) is 0 Å². The van der Waals surface area contributed by atoms with Gasteiger partial charge in [-0.15, -0.1) is 0 Å². The van der Waals surface area contributed by atoms with Gasteiger partial charge in [0.2, 0.25) is 5.91 Å². The van der Waals surface area contributed by atoms with Gasteiger partial charge in [-0.05, 0) is 26.7 Å². The minimum atomic E-state index is -0.778. The van der Waals surface area contributed by atoms with Crippen LogP contribution in [0.2, 0.25) is 0 Å². The lowest BCUT2D eigenvalue weighted by molar-refractivity contribution is -0.144. The van der Waals surface area contributed by atoms with Crippen molar-refractivity contribution in [2.45, 2.75) is 38.8 Å². The molecular formula is C14H25N3O3. The first kappa shape index (κ1) is 15.3. The monoisotopic (exact) mass is 283 g/mol. The maximum Gasteiger partial charge on any atom is 0.320 e. The number of hydrogen-bond acceptors (Lipinski definition) is 4. The van der Waals surface area contributed by atoms with Gasteiger partial charge in [-0.1, -0.05) is 0 Å². The zero-order valence-corrected chi connectivity index (χ0v) is 12.4. The van der Waals surface area contributed by atoms with Crippen molar-refractivity contribution in [1.82, 2.24) is 14.7 Å². The molecule has 0 aromatic heterocycles. The third-order valence-corrected chi connectivity index (χ3v) is 4.58. The first-order valence-electron chi connectivity index (χ1n) is 7.50. The van der Waals surface area contributed by atoms with Crippen LogP contribution in [0.5, 0.6) is 0 Å². The lowest BCUT2D eigenvalue weighted by Crippen LogP contribution is -2.56. The Morgan fingerprint density at radius 3 is 1.75 bits per heavy atom. The average Bonchev–Trinajstić information content (AvgIpc) is 2.99. The van der Waals surface area contributed by atoms with Crippen molar-refractivity contribution >= 4 is 11.9 Å². The van der Waals surface area contributed by atoms with E-state index in [1.165, 1.54) is 0 Å². The summed E-state index contributed by atoms with van der Waals surface area (Å²) in [4.78, 5) is 29.4. The van der Waals surface area contributed by atoms with Crippen molar-refractivity contribution < 1.29 is 14.7 Å². The lowest BCUT2D eigenvalue weighted by Gasteiger charge is -2.39. The summed E-state index contributed by atoms with van der Waals surface area (Å²) in [5.41, 5.74) is 0. The highest BCUT2D eigenvalue weighted by Gasteiger charge is 2.31. The maximum absolute atomic E-state index is 12.3. The number of carboxylic acid groups (broad SMARTS) is 1. The van der Waals surface area contributed by atoms with Crippen LogP contribution in [0.3, 0.4) is 0 Å². The second kappa shape index (κ2) is 6.54. The molecule has 2 heterocycles. The van der Waals surface area contributed by atoms with E-state index in [1.807, 2.05) is 16.7 Å². The molecule has 0 radical (unpaired) electrons. The first-order valence-corrected chi connectivity index (χ1v) is 7.50. The number of piperazine rings is 1. The third-order valence-electron chi connectivity index (χ3n) is 4.58. The van der Waals surface area contributed by atoms with Crippen molar-refractivity contribution in [3.63, 3.8) is 0 Å². The first-order chi connectivity index (χ1) is 9.50. The smallest absolute Gasteiger partial charge is 0.320 e. The van der Waals surface area contributed by atoms with Crippen LogP contribution in [-0.2, 0) is 9.59 Å². The van der Waals surface area contributed by atoms with Gasteiger partial charge >= 0.3 is 5.97 Å². The second-order valence-corrected chi connectivity index (χ2v) is 5.79. The fraction of sp³-hybridized carbons (Fsp3) is 0.857. The Morgan fingerprint density at radius 1 is 0.850 bits per heavy atom. The standard InChI is InChI=1S/C14H25N3O3/c1-11(13(18)17-5-3-4-6-17)15-7-9-16(10-8-15)12(2)14(19)20/h11-12H,3-10H2,1-2H3,(H,19,20). The number of aliphatic carboxylic acids is 1. The molecule has 0 spiro atoms. The maximum atomic E-state index is 12.3. The zero-order valence-electron chi connectivity index (χ0n) is 12.4. The van der Waals surface area contributed by atoms with Crippen LogP contribution in [0.4, 0.5) is 0 Å². The highest BCUT2D eigenvalue weighted by atomic mass is 16.4. The number of amides is 1. The van der Waals surface area contributed by atoms with E-state index in [4.69, 9.17) is 5.11 Å². The summed E-state index contributed by atoms with van der Waals surface area (Å²) in [6.07, 6.45) is 2.23. The normalized spacial score (nSPS) is 24.6. The van der Waals surface area contributed by atoms with Gasteiger partial charge in [0.05, 0.1) is 6.04 Å². The van der Waals surface area contributed by atoms with Gasteiger partial charge in [-0.2, -0.15) is 0 Å². The van der Waals surface area contributed by atoms with Crippen molar-refractivity contribution in [2.24, 2.45) is 0 Å². The summed E-state index contributed by atoms with van der Waals surface area (Å²) in [5.74, 6) is -0.554. The van der Waals surface area contributed by atoms with E-state index >= 15 is 0 Å². The molecule has 0 bridgehead atoms. The largest absolute Gasteiger partial charge is 0.480 e. The summed E-state index contributed by atoms with van der Waals surface area (Å²) < 4.78 is 0. The summed E-state index contributed by atoms with van der Waals surface area (Å²) >= 11 is 0. The van der Waals surface area contributed by atoms with Crippen molar-refractivity contribution in [2.75, 3.05) is 39.3 Å². The molecule has 6 nitrogen and oxygen atoms in total. The molecule has 0 aliphatic carbocycles. The minimum absolute atomic E-state index is 0.0876. The Hall–Kier alpha value is -1.14. The van der Waals surface area contributed by atoms with E-state index in [0.717, 1.165) is 39.0 Å². The number of carbonyl (C=O) groups excluding carboxylic acids is 1. The number of carboxylic acids is 1. The molecular weight excluding hydrogens is 258 g/mol. The van der Waals surface area contributed by atoms with E-state index in [2.05, 4.69) is 4.90 Å². The van der Waals surface area contributed by atoms with Gasteiger partial charge < -0.3 is 10.0 Å². The molecule has 0 aromatic rings. The molecule has 0 aromatic carbocycles. The highest BCUT2D eigenvalue weighted by Crippen LogP contribution is 2.14. The molecule has 1 N–H and O–H groups in total. The van der Waals surface area contributed by atoms with Crippen LogP contribution < -0.4 is 0 Å². The Balaban J connectivity index is 1.83. The Kier molecular flexibility index (Phi) is 4.99. The predicted octanol–water partition coefficient (Wildman–Crippen LogP) is 0.0880. The van der Waals surface area contributed by atoms with Crippen LogP contribution in [0.1, 0.15) is 26.7 Å². The van der Waals surface area contributed by atoms with Gasteiger partial charge in [0.1, 0.15) is 6.04 Å². The molecule has 2 unspecified atom stereocenters. The molecule has 2 fully saturated rings. The Labute approximate surface area is 120 Å². The summed E-state index contributed by atoms with van der Waals surface area (Å²) in [7, 11) is 0. The SMILES string of the molecule is CC(C(=O)O)N1CCN(C(C)C(=O)N2CCCC2)CC1. The lowest BCUT2D eigenvalue weighted by atomic mass is 10.1. The third kappa shape index (κ3) is 3.30. The van der Waals surface area contributed by atoms with Crippen molar-refractivity contribution in [3.8, 4) is 0 Å². The topological polar surface area (TPSA) is 64.1 Å². The molecule has 2 rings (SSSR count). The van der Waals surface area contributed by atoms with Gasteiger partial charge in [0, 0.05) is 39.3 Å². The molecule has 1 amide bonds. The summed E-state index contributed by atoms with van der Waals surface area (Å²) in [6, 6.07) is -0.530. The Bertz CT molecular complexity index is 361. The molecule has 2 saturated heterocycles. The van der Waals surface area contributed by atoms with Crippen LogP contribution in [-0.4, -0.2) is 83.0 Å².